The molecular weight excluding hydrogens is 387 g/mol. The van der Waals surface area contributed by atoms with Gasteiger partial charge in [0.2, 0.25) is 11.8 Å². The van der Waals surface area contributed by atoms with E-state index in [0.29, 0.717) is 51.4 Å². The van der Waals surface area contributed by atoms with Gasteiger partial charge in [-0.2, -0.15) is 0 Å². The van der Waals surface area contributed by atoms with Crippen molar-refractivity contribution in [2.24, 2.45) is 5.92 Å². The Morgan fingerprint density at radius 2 is 1.70 bits per heavy atom. The second-order valence-electron chi connectivity index (χ2n) is 8.42. The summed E-state index contributed by atoms with van der Waals surface area (Å²) in [4.78, 5) is 43.3. The molecule has 1 N–H and O–H groups in total. The van der Waals surface area contributed by atoms with Gasteiger partial charge in [0.1, 0.15) is 5.82 Å². The highest BCUT2D eigenvalue weighted by molar-refractivity contribution is 5.94. The molecule has 0 aliphatic carbocycles. The van der Waals surface area contributed by atoms with Gasteiger partial charge in [-0.15, -0.1) is 0 Å². The number of carbonyl (C=O) groups is 3. The molecule has 1 unspecified atom stereocenters. The van der Waals surface area contributed by atoms with Gasteiger partial charge >= 0.3 is 0 Å². The number of piperazine rings is 1. The fraction of sp³-hybridized carbons (Fsp3) is 0.591. The molecule has 2 heterocycles. The first-order chi connectivity index (χ1) is 14.3. The van der Waals surface area contributed by atoms with Crippen molar-refractivity contribution >= 4 is 17.7 Å². The van der Waals surface area contributed by atoms with Crippen molar-refractivity contribution in [1.82, 2.24) is 20.0 Å². The van der Waals surface area contributed by atoms with Crippen molar-refractivity contribution in [2.75, 3.05) is 45.8 Å². The molecule has 1 atom stereocenters. The summed E-state index contributed by atoms with van der Waals surface area (Å²) >= 11 is 0. The van der Waals surface area contributed by atoms with Crippen LogP contribution in [0.25, 0.3) is 0 Å². The fourth-order valence-electron chi connectivity index (χ4n) is 4.09. The Morgan fingerprint density at radius 1 is 1.03 bits per heavy atom. The third-order valence-electron chi connectivity index (χ3n) is 5.65. The molecule has 0 saturated carbocycles. The van der Waals surface area contributed by atoms with Gasteiger partial charge in [-0.05, 0) is 51.0 Å². The SMILES string of the molecule is CC(C)NC(=O)CN1CCN(C(=O)C2CCCN(C(=O)c3ccc(F)cc3)C2)CC1. The lowest BCUT2D eigenvalue weighted by Crippen LogP contribution is -2.54. The van der Waals surface area contributed by atoms with Gasteiger partial charge in [0.05, 0.1) is 12.5 Å². The molecule has 2 fully saturated rings. The number of benzene rings is 1. The first kappa shape index (κ1) is 22.2. The number of nitrogens with zero attached hydrogens (tertiary/aromatic N) is 3. The van der Waals surface area contributed by atoms with Crippen LogP contribution >= 0.6 is 0 Å². The predicted molar refractivity (Wildman–Crippen MR) is 111 cm³/mol. The van der Waals surface area contributed by atoms with Crippen LogP contribution in [0.5, 0.6) is 0 Å². The molecule has 0 spiro atoms. The van der Waals surface area contributed by atoms with Crippen molar-refractivity contribution in [1.29, 1.82) is 0 Å². The molecule has 2 aliphatic rings. The number of rotatable bonds is 5. The van der Waals surface area contributed by atoms with Gasteiger partial charge < -0.3 is 15.1 Å². The Bertz CT molecular complexity index is 760. The van der Waals surface area contributed by atoms with E-state index >= 15 is 0 Å². The third kappa shape index (κ3) is 5.78. The summed E-state index contributed by atoms with van der Waals surface area (Å²) in [6.07, 6.45) is 1.54. The fourth-order valence-corrected chi connectivity index (χ4v) is 4.09. The second kappa shape index (κ2) is 10.0. The van der Waals surface area contributed by atoms with Crippen LogP contribution < -0.4 is 5.32 Å². The van der Waals surface area contributed by atoms with Crippen molar-refractivity contribution in [2.45, 2.75) is 32.7 Å². The molecule has 1 aromatic rings. The zero-order valence-corrected chi connectivity index (χ0v) is 17.8. The van der Waals surface area contributed by atoms with E-state index in [1.54, 1.807) is 4.90 Å². The van der Waals surface area contributed by atoms with E-state index in [2.05, 4.69) is 10.2 Å². The van der Waals surface area contributed by atoms with E-state index in [1.807, 2.05) is 18.7 Å². The van der Waals surface area contributed by atoms with Gasteiger partial charge in [0, 0.05) is 50.9 Å². The third-order valence-corrected chi connectivity index (χ3v) is 5.65. The highest BCUT2D eigenvalue weighted by atomic mass is 19.1. The zero-order chi connectivity index (χ0) is 21.7. The molecule has 164 valence electrons. The van der Waals surface area contributed by atoms with E-state index < -0.39 is 0 Å². The number of hydrogen-bond donors (Lipinski definition) is 1. The first-order valence-electron chi connectivity index (χ1n) is 10.7. The molecule has 3 amide bonds. The van der Waals surface area contributed by atoms with Gasteiger partial charge in [-0.3, -0.25) is 19.3 Å². The maximum Gasteiger partial charge on any atom is 0.253 e. The lowest BCUT2D eigenvalue weighted by Gasteiger charge is -2.39. The summed E-state index contributed by atoms with van der Waals surface area (Å²) < 4.78 is 13.1. The van der Waals surface area contributed by atoms with Crippen LogP contribution in [-0.2, 0) is 9.59 Å². The maximum absolute atomic E-state index is 13.1. The van der Waals surface area contributed by atoms with Crippen molar-refractivity contribution in [3.8, 4) is 0 Å². The summed E-state index contributed by atoms with van der Waals surface area (Å²) in [7, 11) is 0. The molecule has 0 aromatic heterocycles. The van der Waals surface area contributed by atoms with E-state index in [4.69, 9.17) is 0 Å². The first-order valence-corrected chi connectivity index (χ1v) is 10.7. The molecule has 8 heteroatoms. The van der Waals surface area contributed by atoms with Crippen LogP contribution in [0, 0.1) is 11.7 Å². The highest BCUT2D eigenvalue weighted by Gasteiger charge is 2.33. The standard InChI is InChI=1S/C22H31FN4O3/c1-16(2)24-20(28)15-25-10-12-26(13-11-25)22(30)18-4-3-9-27(14-18)21(29)17-5-7-19(23)8-6-17/h5-8,16,18H,3-4,9-15H2,1-2H3,(H,24,28). The summed E-state index contributed by atoms with van der Waals surface area (Å²) in [6, 6.07) is 5.64. The van der Waals surface area contributed by atoms with Crippen LogP contribution in [0.2, 0.25) is 0 Å². The minimum absolute atomic E-state index is 0.00649. The monoisotopic (exact) mass is 418 g/mol. The number of carbonyl (C=O) groups excluding carboxylic acids is 3. The summed E-state index contributed by atoms with van der Waals surface area (Å²) in [5, 5.41) is 2.89. The van der Waals surface area contributed by atoms with Gasteiger partial charge in [0.25, 0.3) is 5.91 Å². The van der Waals surface area contributed by atoms with E-state index in [0.717, 1.165) is 12.8 Å². The molecule has 1 aromatic carbocycles. The zero-order valence-electron chi connectivity index (χ0n) is 17.8. The summed E-state index contributed by atoms with van der Waals surface area (Å²) in [6.45, 7) is 7.75. The molecule has 7 nitrogen and oxygen atoms in total. The van der Waals surface area contributed by atoms with E-state index in [9.17, 15) is 18.8 Å². The van der Waals surface area contributed by atoms with Crippen molar-refractivity contribution in [3.05, 3.63) is 35.6 Å². The normalized spacial score (nSPS) is 20.3. The van der Waals surface area contributed by atoms with Crippen LogP contribution in [-0.4, -0.2) is 84.3 Å². The van der Waals surface area contributed by atoms with Gasteiger partial charge in [-0.1, -0.05) is 0 Å². The average molecular weight is 419 g/mol. The lowest BCUT2D eigenvalue weighted by molar-refractivity contribution is -0.138. The number of nitrogens with one attached hydrogen (secondary N) is 1. The number of hydrogen-bond acceptors (Lipinski definition) is 4. The summed E-state index contributed by atoms with van der Waals surface area (Å²) in [5.41, 5.74) is 0.442. The lowest BCUT2D eigenvalue weighted by atomic mass is 9.95. The molecule has 0 radical (unpaired) electrons. The van der Waals surface area contributed by atoms with Crippen LogP contribution in [0.4, 0.5) is 4.39 Å². The Hall–Kier alpha value is -2.48. The predicted octanol–water partition coefficient (Wildman–Crippen LogP) is 1.35. The maximum atomic E-state index is 13.1. The number of likely N-dealkylation sites (tertiary alicyclic amines) is 1. The van der Waals surface area contributed by atoms with E-state index in [1.165, 1.54) is 24.3 Å². The minimum Gasteiger partial charge on any atom is -0.353 e. The number of piperidine rings is 1. The van der Waals surface area contributed by atoms with Crippen LogP contribution in [0.1, 0.15) is 37.0 Å². The van der Waals surface area contributed by atoms with Gasteiger partial charge in [-0.25, -0.2) is 4.39 Å². The molecule has 2 aliphatic heterocycles. The van der Waals surface area contributed by atoms with Crippen molar-refractivity contribution in [3.63, 3.8) is 0 Å². The topological polar surface area (TPSA) is 73.0 Å². The second-order valence-corrected chi connectivity index (χ2v) is 8.42. The molecular formula is C22H31FN4O3. The van der Waals surface area contributed by atoms with Gasteiger partial charge in [0.15, 0.2) is 0 Å². The average Bonchev–Trinajstić information content (AvgIpc) is 2.73. The van der Waals surface area contributed by atoms with Crippen LogP contribution in [0.3, 0.4) is 0 Å². The smallest absolute Gasteiger partial charge is 0.253 e. The molecule has 30 heavy (non-hydrogen) atoms. The largest absolute Gasteiger partial charge is 0.353 e. The molecule has 2 saturated heterocycles. The molecule has 3 rings (SSSR count). The van der Waals surface area contributed by atoms with E-state index in [-0.39, 0.29) is 35.5 Å². The Balaban J connectivity index is 1.50. The Morgan fingerprint density at radius 3 is 2.33 bits per heavy atom. The Labute approximate surface area is 177 Å². The molecule has 0 bridgehead atoms. The summed E-state index contributed by atoms with van der Waals surface area (Å²) in [5.74, 6) is -0.656. The van der Waals surface area contributed by atoms with Crippen molar-refractivity contribution < 1.29 is 18.8 Å². The number of halogens is 1. The number of amides is 3. The quantitative estimate of drug-likeness (QED) is 0.784. The minimum atomic E-state index is -0.376. The Kier molecular flexibility index (Phi) is 7.42. The van der Waals surface area contributed by atoms with Crippen LogP contribution in [0.15, 0.2) is 24.3 Å². The highest BCUT2D eigenvalue weighted by Crippen LogP contribution is 2.21.